The molecule has 0 saturated heterocycles. The van der Waals surface area contributed by atoms with Crippen molar-refractivity contribution >= 4 is 17.5 Å². The molecule has 0 spiro atoms. The number of likely N-dealkylation sites (N-methyl/N-ethyl adjacent to an activating group) is 1. The maximum absolute atomic E-state index is 11.4. The minimum Gasteiger partial charge on any atom is -0.497 e. The third-order valence-corrected chi connectivity index (χ3v) is 2.62. The molecule has 0 aromatic heterocycles. The molecule has 17 heavy (non-hydrogen) atoms. The van der Waals surface area contributed by atoms with Gasteiger partial charge in [0.05, 0.1) is 13.7 Å². The van der Waals surface area contributed by atoms with Crippen LogP contribution >= 0.6 is 11.6 Å². The molecule has 1 aromatic rings. The quantitative estimate of drug-likeness (QED) is 0.813. The summed E-state index contributed by atoms with van der Waals surface area (Å²) in [7, 11) is 1.59. The molecule has 1 aromatic carbocycles. The van der Waals surface area contributed by atoms with Gasteiger partial charge in [-0.1, -0.05) is 24.6 Å². The third kappa shape index (κ3) is 4.63. The molecule has 1 amide bonds. The standard InChI is InChI=1S/C12H17ClN2O2/c1-3-14-8-12(16)15-7-9-4-5-10(17-2)6-11(9)13/h4-6,14H,3,7-8H2,1-2H3,(H,15,16). The van der Waals surface area contributed by atoms with E-state index >= 15 is 0 Å². The largest absolute Gasteiger partial charge is 0.497 e. The van der Waals surface area contributed by atoms with E-state index in [1.807, 2.05) is 19.1 Å². The predicted octanol–water partition coefficient (Wildman–Crippen LogP) is 1.57. The molecular formula is C12H17ClN2O2. The molecule has 2 N–H and O–H groups in total. The molecule has 0 aliphatic carbocycles. The molecule has 0 saturated carbocycles. The maximum Gasteiger partial charge on any atom is 0.234 e. The highest BCUT2D eigenvalue weighted by molar-refractivity contribution is 6.31. The molecule has 0 atom stereocenters. The SMILES string of the molecule is CCNCC(=O)NCc1ccc(OC)cc1Cl. The van der Waals surface area contributed by atoms with Crippen LogP contribution in [0.2, 0.25) is 5.02 Å². The molecule has 1 rings (SSSR count). The highest BCUT2D eigenvalue weighted by Crippen LogP contribution is 2.21. The fraction of sp³-hybridized carbons (Fsp3) is 0.417. The second-order valence-corrected chi connectivity index (χ2v) is 3.92. The lowest BCUT2D eigenvalue weighted by atomic mass is 10.2. The molecular weight excluding hydrogens is 240 g/mol. The summed E-state index contributed by atoms with van der Waals surface area (Å²) < 4.78 is 5.05. The molecule has 4 nitrogen and oxygen atoms in total. The van der Waals surface area contributed by atoms with Gasteiger partial charge < -0.3 is 15.4 Å². The van der Waals surface area contributed by atoms with Crippen LogP contribution in [0.15, 0.2) is 18.2 Å². The van der Waals surface area contributed by atoms with Gasteiger partial charge in [-0.3, -0.25) is 4.79 Å². The first-order chi connectivity index (χ1) is 8.17. The fourth-order valence-electron chi connectivity index (χ4n) is 1.29. The van der Waals surface area contributed by atoms with Crippen molar-refractivity contribution in [2.45, 2.75) is 13.5 Å². The van der Waals surface area contributed by atoms with Crippen molar-refractivity contribution in [2.24, 2.45) is 0 Å². The second-order valence-electron chi connectivity index (χ2n) is 3.51. The summed E-state index contributed by atoms with van der Waals surface area (Å²) in [6, 6.07) is 5.39. The Bertz CT molecular complexity index is 383. The highest BCUT2D eigenvalue weighted by Gasteiger charge is 2.04. The number of benzene rings is 1. The summed E-state index contributed by atoms with van der Waals surface area (Å²) in [5.41, 5.74) is 0.873. The minimum atomic E-state index is -0.0428. The number of nitrogens with one attached hydrogen (secondary N) is 2. The lowest BCUT2D eigenvalue weighted by Gasteiger charge is -2.08. The lowest BCUT2D eigenvalue weighted by molar-refractivity contribution is -0.120. The number of amides is 1. The van der Waals surface area contributed by atoms with E-state index in [0.29, 0.717) is 23.9 Å². The Kier molecular flexibility index (Phi) is 5.80. The molecule has 0 bridgehead atoms. The van der Waals surface area contributed by atoms with E-state index in [1.165, 1.54) is 0 Å². The van der Waals surface area contributed by atoms with Crippen LogP contribution in [0.3, 0.4) is 0 Å². The molecule has 5 heteroatoms. The number of hydrogen-bond donors (Lipinski definition) is 2. The van der Waals surface area contributed by atoms with Crippen molar-refractivity contribution in [3.63, 3.8) is 0 Å². The van der Waals surface area contributed by atoms with Gasteiger partial charge in [0.25, 0.3) is 0 Å². The summed E-state index contributed by atoms with van der Waals surface area (Å²) in [4.78, 5) is 11.4. The van der Waals surface area contributed by atoms with Crippen LogP contribution in [0.5, 0.6) is 5.75 Å². The van der Waals surface area contributed by atoms with Crippen LogP contribution in [-0.2, 0) is 11.3 Å². The predicted molar refractivity (Wildman–Crippen MR) is 68.4 cm³/mol. The number of carbonyl (C=O) groups excluding carboxylic acids is 1. The average molecular weight is 257 g/mol. The molecule has 0 fully saturated rings. The smallest absolute Gasteiger partial charge is 0.234 e. The van der Waals surface area contributed by atoms with Crippen molar-refractivity contribution in [1.29, 1.82) is 0 Å². The Labute approximate surface area is 106 Å². The molecule has 0 aliphatic rings. The Morgan fingerprint density at radius 3 is 2.82 bits per heavy atom. The van der Waals surface area contributed by atoms with Gasteiger partial charge in [0.2, 0.25) is 5.91 Å². The minimum absolute atomic E-state index is 0.0428. The summed E-state index contributed by atoms with van der Waals surface area (Å²) in [6.07, 6.45) is 0. The van der Waals surface area contributed by atoms with Gasteiger partial charge in [-0.2, -0.15) is 0 Å². The molecule has 0 unspecified atom stereocenters. The van der Waals surface area contributed by atoms with Crippen LogP contribution in [-0.4, -0.2) is 26.1 Å². The Hall–Kier alpha value is -1.26. The van der Waals surface area contributed by atoms with Crippen LogP contribution in [0.1, 0.15) is 12.5 Å². The summed E-state index contributed by atoms with van der Waals surface area (Å²) in [6.45, 7) is 3.47. The Morgan fingerprint density at radius 2 is 2.24 bits per heavy atom. The van der Waals surface area contributed by atoms with E-state index in [4.69, 9.17) is 16.3 Å². The zero-order chi connectivity index (χ0) is 12.7. The molecule has 0 radical (unpaired) electrons. The summed E-state index contributed by atoms with van der Waals surface area (Å²) in [5.74, 6) is 0.663. The van der Waals surface area contributed by atoms with Gasteiger partial charge in [-0.25, -0.2) is 0 Å². The molecule has 0 aliphatic heterocycles. The van der Waals surface area contributed by atoms with Crippen LogP contribution < -0.4 is 15.4 Å². The first kappa shape index (κ1) is 13.8. The maximum atomic E-state index is 11.4. The number of hydrogen-bond acceptors (Lipinski definition) is 3. The van der Waals surface area contributed by atoms with Gasteiger partial charge in [0.15, 0.2) is 0 Å². The van der Waals surface area contributed by atoms with Crippen LogP contribution in [0.25, 0.3) is 0 Å². The zero-order valence-corrected chi connectivity index (χ0v) is 10.8. The topological polar surface area (TPSA) is 50.4 Å². The van der Waals surface area contributed by atoms with Crippen molar-refractivity contribution in [1.82, 2.24) is 10.6 Å². The van der Waals surface area contributed by atoms with Crippen molar-refractivity contribution in [3.05, 3.63) is 28.8 Å². The van der Waals surface area contributed by atoms with Crippen LogP contribution in [0, 0.1) is 0 Å². The molecule has 0 heterocycles. The van der Waals surface area contributed by atoms with E-state index in [-0.39, 0.29) is 5.91 Å². The lowest BCUT2D eigenvalue weighted by Crippen LogP contribution is -2.33. The number of methoxy groups -OCH3 is 1. The molecule has 94 valence electrons. The normalized spacial score (nSPS) is 10.1. The number of carbonyl (C=O) groups is 1. The monoisotopic (exact) mass is 256 g/mol. The number of ether oxygens (including phenoxy) is 1. The number of halogens is 1. The number of rotatable bonds is 6. The van der Waals surface area contributed by atoms with Crippen molar-refractivity contribution in [2.75, 3.05) is 20.2 Å². The second kappa shape index (κ2) is 7.14. The van der Waals surface area contributed by atoms with Gasteiger partial charge in [-0.05, 0) is 24.2 Å². The summed E-state index contributed by atoms with van der Waals surface area (Å²) in [5, 5.41) is 6.33. The third-order valence-electron chi connectivity index (χ3n) is 2.27. The zero-order valence-electron chi connectivity index (χ0n) is 10.0. The average Bonchev–Trinajstić information content (AvgIpc) is 2.34. The van der Waals surface area contributed by atoms with E-state index in [2.05, 4.69) is 10.6 Å². The van der Waals surface area contributed by atoms with Crippen molar-refractivity contribution in [3.8, 4) is 5.75 Å². The Balaban J connectivity index is 2.49. The Morgan fingerprint density at radius 1 is 1.47 bits per heavy atom. The van der Waals surface area contributed by atoms with E-state index < -0.39 is 0 Å². The van der Waals surface area contributed by atoms with E-state index in [1.54, 1.807) is 13.2 Å². The van der Waals surface area contributed by atoms with Gasteiger partial charge in [0, 0.05) is 11.6 Å². The highest BCUT2D eigenvalue weighted by atomic mass is 35.5. The van der Waals surface area contributed by atoms with E-state index in [0.717, 1.165) is 12.1 Å². The first-order valence-corrected chi connectivity index (χ1v) is 5.85. The van der Waals surface area contributed by atoms with Crippen LogP contribution in [0.4, 0.5) is 0 Å². The first-order valence-electron chi connectivity index (χ1n) is 5.47. The summed E-state index contributed by atoms with van der Waals surface area (Å²) >= 11 is 6.05. The van der Waals surface area contributed by atoms with Crippen molar-refractivity contribution < 1.29 is 9.53 Å². The van der Waals surface area contributed by atoms with Gasteiger partial charge in [-0.15, -0.1) is 0 Å². The van der Waals surface area contributed by atoms with Gasteiger partial charge >= 0.3 is 0 Å². The van der Waals surface area contributed by atoms with Gasteiger partial charge in [0.1, 0.15) is 5.75 Å². The fourth-order valence-corrected chi connectivity index (χ4v) is 1.53. The van der Waals surface area contributed by atoms with E-state index in [9.17, 15) is 4.79 Å².